The first-order valence-corrected chi connectivity index (χ1v) is 16.0. The Balaban J connectivity index is 0.00000462. The van der Waals surface area contributed by atoms with E-state index in [0.717, 1.165) is 40.0 Å². The monoisotopic (exact) mass is 614 g/mol. The van der Waals surface area contributed by atoms with Crippen LogP contribution in [0.15, 0.2) is 71.6 Å². The van der Waals surface area contributed by atoms with Gasteiger partial charge in [0.2, 0.25) is 10.0 Å². The Kier molecular flexibility index (Phi) is 11.5. The number of hydrogen-bond acceptors (Lipinski definition) is 6. The van der Waals surface area contributed by atoms with Crippen LogP contribution in [0.3, 0.4) is 0 Å². The number of sulfonamides is 1. The molecule has 0 N–H and O–H groups in total. The van der Waals surface area contributed by atoms with E-state index in [1.165, 1.54) is 27.8 Å². The number of halogens is 1. The quantitative estimate of drug-likeness (QED) is 0.181. The Bertz CT molecular complexity index is 1550. The van der Waals surface area contributed by atoms with Crippen LogP contribution in [0.1, 0.15) is 47.8 Å². The first-order chi connectivity index (χ1) is 19.2. The van der Waals surface area contributed by atoms with E-state index in [-0.39, 0.29) is 29.8 Å². The molecular weight excluding hydrogens is 576 g/mol. The van der Waals surface area contributed by atoms with Crippen molar-refractivity contribution in [1.82, 2.24) is 14.2 Å². The van der Waals surface area contributed by atoms with Gasteiger partial charge < -0.3 is 4.90 Å². The van der Waals surface area contributed by atoms with Crippen LogP contribution in [0, 0.1) is 13.8 Å². The van der Waals surface area contributed by atoms with Crippen molar-refractivity contribution in [3.05, 3.63) is 89.0 Å². The third-order valence-corrected chi connectivity index (χ3v) is 10.4. The number of rotatable bonds is 12. The zero-order valence-corrected chi connectivity index (χ0v) is 26.8. The minimum absolute atomic E-state index is 0. The lowest BCUT2D eigenvalue weighted by Gasteiger charge is -2.25. The van der Waals surface area contributed by atoms with Crippen molar-refractivity contribution in [3.8, 4) is 0 Å². The normalized spacial score (nSPS) is 11.7. The molecule has 0 radical (unpaired) electrons. The van der Waals surface area contributed by atoms with Crippen LogP contribution in [-0.4, -0.2) is 61.2 Å². The molecule has 3 aromatic carbocycles. The molecule has 0 aliphatic rings. The number of carbonyl (C=O) groups is 1. The van der Waals surface area contributed by atoms with E-state index in [1.54, 1.807) is 17.0 Å². The minimum atomic E-state index is -3.73. The third kappa shape index (κ3) is 7.34. The maximum Gasteiger partial charge on any atom is 0.260 e. The first kappa shape index (κ1) is 32.7. The molecule has 10 heteroatoms. The van der Waals surface area contributed by atoms with Gasteiger partial charge >= 0.3 is 0 Å². The van der Waals surface area contributed by atoms with Crippen LogP contribution in [0.5, 0.6) is 0 Å². The number of fused-ring (bicyclic) bond motifs is 1. The third-order valence-electron chi connectivity index (χ3n) is 7.38. The van der Waals surface area contributed by atoms with Gasteiger partial charge in [0.15, 0.2) is 5.13 Å². The van der Waals surface area contributed by atoms with Crippen molar-refractivity contribution in [2.24, 2.45) is 0 Å². The van der Waals surface area contributed by atoms with E-state index in [0.29, 0.717) is 30.3 Å². The lowest BCUT2D eigenvalue weighted by atomic mass is 10.1. The largest absolute Gasteiger partial charge is 0.302 e. The van der Waals surface area contributed by atoms with Crippen molar-refractivity contribution < 1.29 is 13.2 Å². The average Bonchev–Trinajstić information content (AvgIpc) is 3.41. The molecule has 0 aliphatic carbocycles. The highest BCUT2D eigenvalue weighted by atomic mass is 35.5. The number of aryl methyl sites for hydroxylation is 2. The smallest absolute Gasteiger partial charge is 0.260 e. The molecular formula is C31H39ClN4O3S2. The van der Waals surface area contributed by atoms with Gasteiger partial charge in [-0.25, -0.2) is 13.4 Å². The molecule has 0 aliphatic heterocycles. The summed E-state index contributed by atoms with van der Waals surface area (Å²) in [4.78, 5) is 22.9. The summed E-state index contributed by atoms with van der Waals surface area (Å²) in [5.41, 5.74) is 4.54. The van der Waals surface area contributed by atoms with Gasteiger partial charge in [-0.15, -0.1) is 12.4 Å². The standard InChI is InChI=1S/C31H38N4O3S2.ClH/c1-6-33(7-2)20-21-35(31-32-29-24(5)23(4)14-19-28(29)39-31)30(36)26-15-17-27(18-16-26)40(37,38)34(8-3)22-25-12-10-9-11-13-25;/h9-19H,6-8,20-22H2,1-5H3;1H. The fraction of sp³-hybridized carbons (Fsp3) is 0.355. The van der Waals surface area contributed by atoms with Crippen LogP contribution in [0.4, 0.5) is 5.13 Å². The van der Waals surface area contributed by atoms with Crippen molar-refractivity contribution in [3.63, 3.8) is 0 Å². The lowest BCUT2D eigenvalue weighted by Crippen LogP contribution is -2.39. The Morgan fingerprint density at radius 2 is 1.51 bits per heavy atom. The zero-order chi connectivity index (χ0) is 28.9. The van der Waals surface area contributed by atoms with Crippen molar-refractivity contribution in [2.45, 2.75) is 46.1 Å². The molecule has 0 atom stereocenters. The summed E-state index contributed by atoms with van der Waals surface area (Å²) in [7, 11) is -3.73. The molecule has 1 heterocycles. The summed E-state index contributed by atoms with van der Waals surface area (Å²) < 4.78 is 29.3. The maximum absolute atomic E-state index is 13.9. The molecule has 0 saturated heterocycles. The molecule has 1 amide bonds. The van der Waals surface area contributed by atoms with Crippen LogP contribution < -0.4 is 4.90 Å². The predicted molar refractivity (Wildman–Crippen MR) is 172 cm³/mol. The Labute approximate surface area is 254 Å². The molecule has 0 spiro atoms. The second kappa shape index (κ2) is 14.4. The molecule has 0 bridgehead atoms. The summed E-state index contributed by atoms with van der Waals surface area (Å²) in [5.74, 6) is -0.193. The molecule has 0 fully saturated rings. The van der Waals surface area contributed by atoms with E-state index in [9.17, 15) is 13.2 Å². The van der Waals surface area contributed by atoms with E-state index in [2.05, 4.69) is 44.7 Å². The highest BCUT2D eigenvalue weighted by Crippen LogP contribution is 2.33. The summed E-state index contributed by atoms with van der Waals surface area (Å²) in [6, 6.07) is 20.0. The number of likely N-dealkylation sites (N-methyl/N-ethyl adjacent to an activating group) is 1. The zero-order valence-electron chi connectivity index (χ0n) is 24.3. The topological polar surface area (TPSA) is 73.8 Å². The Hall–Kier alpha value is -2.82. The van der Waals surface area contributed by atoms with Gasteiger partial charge in [-0.2, -0.15) is 4.31 Å². The van der Waals surface area contributed by atoms with Gasteiger partial charge in [0.05, 0.1) is 15.1 Å². The van der Waals surface area contributed by atoms with E-state index in [4.69, 9.17) is 4.98 Å². The van der Waals surface area contributed by atoms with E-state index < -0.39 is 10.0 Å². The minimum Gasteiger partial charge on any atom is -0.302 e. The maximum atomic E-state index is 13.9. The van der Waals surface area contributed by atoms with E-state index in [1.807, 2.05) is 37.3 Å². The van der Waals surface area contributed by atoms with Crippen molar-refractivity contribution >= 4 is 55.0 Å². The molecule has 1 aromatic heterocycles. The van der Waals surface area contributed by atoms with Crippen LogP contribution in [-0.2, 0) is 16.6 Å². The fourth-order valence-electron chi connectivity index (χ4n) is 4.62. The predicted octanol–water partition coefficient (Wildman–Crippen LogP) is 6.53. The Morgan fingerprint density at radius 1 is 0.854 bits per heavy atom. The Morgan fingerprint density at radius 3 is 2.12 bits per heavy atom. The van der Waals surface area contributed by atoms with Crippen LogP contribution in [0.25, 0.3) is 10.2 Å². The summed E-state index contributed by atoms with van der Waals surface area (Å²) in [5, 5.41) is 0.651. The second-order valence-electron chi connectivity index (χ2n) is 9.78. The van der Waals surface area contributed by atoms with Gasteiger partial charge in [-0.05, 0) is 74.0 Å². The van der Waals surface area contributed by atoms with Gasteiger partial charge in [0.25, 0.3) is 5.91 Å². The molecule has 0 saturated carbocycles. The summed E-state index contributed by atoms with van der Waals surface area (Å²) in [6.45, 7) is 13.8. The van der Waals surface area contributed by atoms with Crippen LogP contribution >= 0.6 is 23.7 Å². The first-order valence-electron chi connectivity index (χ1n) is 13.7. The number of anilines is 1. The average molecular weight is 615 g/mol. The van der Waals surface area contributed by atoms with Gasteiger partial charge in [-0.3, -0.25) is 9.69 Å². The highest BCUT2D eigenvalue weighted by molar-refractivity contribution is 7.89. The highest BCUT2D eigenvalue weighted by Gasteiger charge is 2.26. The molecule has 220 valence electrons. The van der Waals surface area contributed by atoms with Crippen LogP contribution in [0.2, 0.25) is 0 Å². The summed E-state index contributed by atoms with van der Waals surface area (Å²) in [6.07, 6.45) is 0. The SMILES string of the molecule is CCN(CC)CCN(C(=O)c1ccc(S(=O)(=O)N(CC)Cc2ccccc2)cc1)c1nc2c(C)c(C)ccc2s1.Cl. The number of nitrogens with zero attached hydrogens (tertiary/aromatic N) is 4. The number of thiazole rings is 1. The molecule has 0 unspecified atom stereocenters. The number of hydrogen-bond donors (Lipinski definition) is 0. The second-order valence-corrected chi connectivity index (χ2v) is 12.7. The molecule has 4 rings (SSSR count). The van der Waals surface area contributed by atoms with Crippen molar-refractivity contribution in [1.29, 1.82) is 0 Å². The van der Waals surface area contributed by atoms with Gasteiger partial charge in [0.1, 0.15) is 0 Å². The van der Waals surface area contributed by atoms with Gasteiger partial charge in [-0.1, -0.05) is 68.5 Å². The summed E-state index contributed by atoms with van der Waals surface area (Å²) >= 11 is 1.51. The molecule has 7 nitrogen and oxygen atoms in total. The molecule has 41 heavy (non-hydrogen) atoms. The number of benzene rings is 3. The van der Waals surface area contributed by atoms with E-state index >= 15 is 0 Å². The van der Waals surface area contributed by atoms with Crippen molar-refractivity contribution in [2.75, 3.05) is 37.6 Å². The van der Waals surface area contributed by atoms with Gasteiger partial charge in [0, 0.05) is 31.7 Å². The number of aromatic nitrogens is 1. The number of carbonyl (C=O) groups excluding carboxylic acids is 1. The lowest BCUT2D eigenvalue weighted by molar-refractivity contribution is 0.0983. The fourth-order valence-corrected chi connectivity index (χ4v) is 7.11. The molecule has 4 aromatic rings. The number of amides is 1.